The second-order valence-electron chi connectivity index (χ2n) is 3.94. The maximum Gasteiger partial charge on any atom is 0.308 e. The van der Waals surface area contributed by atoms with Gasteiger partial charge in [0.25, 0.3) is 0 Å². The van der Waals surface area contributed by atoms with E-state index in [-0.39, 0.29) is 5.78 Å². The van der Waals surface area contributed by atoms with Gasteiger partial charge in [-0.25, -0.2) is 0 Å². The van der Waals surface area contributed by atoms with Crippen molar-refractivity contribution in [3.63, 3.8) is 0 Å². The highest BCUT2D eigenvalue weighted by Gasteiger charge is 2.37. The molecule has 1 heterocycles. The van der Waals surface area contributed by atoms with Crippen LogP contribution in [0.2, 0.25) is 0 Å². The van der Waals surface area contributed by atoms with Gasteiger partial charge in [0.1, 0.15) is 0 Å². The maximum atomic E-state index is 12.1. The third-order valence-corrected chi connectivity index (χ3v) is 2.93. The van der Waals surface area contributed by atoms with Crippen LogP contribution < -0.4 is 5.32 Å². The van der Waals surface area contributed by atoms with E-state index in [1.807, 2.05) is 6.07 Å². The average molecular weight is 219 g/mol. The summed E-state index contributed by atoms with van der Waals surface area (Å²) in [4.78, 5) is 23.0. The van der Waals surface area contributed by atoms with Crippen LogP contribution in [-0.4, -0.2) is 29.9 Å². The molecule has 1 aromatic rings. The monoisotopic (exact) mass is 219 g/mol. The van der Waals surface area contributed by atoms with Crippen LogP contribution in [-0.2, 0) is 4.79 Å². The highest BCUT2D eigenvalue weighted by Crippen LogP contribution is 2.21. The van der Waals surface area contributed by atoms with Gasteiger partial charge in [-0.2, -0.15) is 0 Å². The lowest BCUT2D eigenvalue weighted by Gasteiger charge is -2.13. The van der Waals surface area contributed by atoms with E-state index >= 15 is 0 Å². The summed E-state index contributed by atoms with van der Waals surface area (Å²) in [6.07, 6.45) is 0. The molecule has 0 bridgehead atoms. The second kappa shape index (κ2) is 4.45. The van der Waals surface area contributed by atoms with Crippen LogP contribution in [0.3, 0.4) is 0 Å². The lowest BCUT2D eigenvalue weighted by Crippen LogP contribution is -2.28. The van der Waals surface area contributed by atoms with E-state index < -0.39 is 17.8 Å². The van der Waals surface area contributed by atoms with Crippen LogP contribution in [0.4, 0.5) is 0 Å². The Labute approximate surface area is 93.3 Å². The van der Waals surface area contributed by atoms with Gasteiger partial charge in [-0.05, 0) is 0 Å². The number of carboxylic acid groups (broad SMARTS) is 1. The van der Waals surface area contributed by atoms with Crippen molar-refractivity contribution in [3.05, 3.63) is 35.9 Å². The largest absolute Gasteiger partial charge is 0.481 e. The highest BCUT2D eigenvalue weighted by molar-refractivity contribution is 6.00. The first-order chi connectivity index (χ1) is 7.70. The predicted molar refractivity (Wildman–Crippen MR) is 58.3 cm³/mol. The quantitative estimate of drug-likeness (QED) is 0.737. The van der Waals surface area contributed by atoms with Crippen LogP contribution in [0.1, 0.15) is 10.4 Å². The molecule has 1 aromatic carbocycles. The zero-order valence-electron chi connectivity index (χ0n) is 8.72. The van der Waals surface area contributed by atoms with Crippen LogP contribution in [0.15, 0.2) is 30.3 Å². The average Bonchev–Trinajstić information content (AvgIpc) is 2.78. The number of hydrogen-bond donors (Lipinski definition) is 2. The SMILES string of the molecule is O=C(O)[C@H]1CNC[C@H]1C(=O)c1ccccc1. The van der Waals surface area contributed by atoms with Crippen molar-refractivity contribution in [3.8, 4) is 0 Å². The minimum atomic E-state index is -0.903. The number of Topliss-reactive ketones (excluding diaryl/α,β-unsaturated/α-hetero) is 1. The van der Waals surface area contributed by atoms with Crippen molar-refractivity contribution in [2.24, 2.45) is 11.8 Å². The summed E-state index contributed by atoms with van der Waals surface area (Å²) in [5.41, 5.74) is 0.586. The highest BCUT2D eigenvalue weighted by atomic mass is 16.4. The number of rotatable bonds is 3. The van der Waals surface area contributed by atoms with Gasteiger partial charge in [0, 0.05) is 24.6 Å². The van der Waals surface area contributed by atoms with Gasteiger partial charge in [0.05, 0.1) is 5.92 Å². The Balaban J connectivity index is 2.19. The number of hydrogen-bond acceptors (Lipinski definition) is 3. The van der Waals surface area contributed by atoms with Crippen molar-refractivity contribution in [1.82, 2.24) is 5.32 Å². The Hall–Kier alpha value is -1.68. The lowest BCUT2D eigenvalue weighted by molar-refractivity contribution is -0.141. The minimum absolute atomic E-state index is 0.0852. The predicted octanol–water partition coefficient (Wildman–Crippen LogP) is 0.789. The first kappa shape index (κ1) is 10.8. The van der Waals surface area contributed by atoms with Crippen LogP contribution >= 0.6 is 0 Å². The Morgan fingerprint density at radius 3 is 2.38 bits per heavy atom. The first-order valence-corrected chi connectivity index (χ1v) is 5.23. The Kier molecular flexibility index (Phi) is 3.01. The molecule has 16 heavy (non-hydrogen) atoms. The third-order valence-electron chi connectivity index (χ3n) is 2.93. The second-order valence-corrected chi connectivity index (χ2v) is 3.94. The summed E-state index contributed by atoms with van der Waals surface area (Å²) in [6.45, 7) is 0.823. The van der Waals surface area contributed by atoms with Gasteiger partial charge >= 0.3 is 5.97 Å². The zero-order valence-corrected chi connectivity index (χ0v) is 8.72. The number of ketones is 1. The number of carboxylic acids is 1. The Morgan fingerprint density at radius 2 is 1.75 bits per heavy atom. The summed E-state index contributed by atoms with van der Waals surface area (Å²) in [5.74, 6) is -2.04. The summed E-state index contributed by atoms with van der Waals surface area (Å²) < 4.78 is 0. The fraction of sp³-hybridized carbons (Fsp3) is 0.333. The Morgan fingerprint density at radius 1 is 1.12 bits per heavy atom. The van der Waals surface area contributed by atoms with E-state index in [0.29, 0.717) is 18.7 Å². The van der Waals surface area contributed by atoms with Gasteiger partial charge in [-0.1, -0.05) is 30.3 Å². The molecule has 2 rings (SSSR count). The smallest absolute Gasteiger partial charge is 0.308 e. The standard InChI is InChI=1S/C12H13NO3/c14-11(8-4-2-1-3-5-8)9-6-13-7-10(9)12(15)16/h1-5,9-10,13H,6-7H2,(H,15,16)/t9-,10+/m1/s1. The van der Waals surface area contributed by atoms with E-state index in [4.69, 9.17) is 5.11 Å². The molecule has 84 valence electrons. The van der Waals surface area contributed by atoms with Crippen molar-refractivity contribution >= 4 is 11.8 Å². The van der Waals surface area contributed by atoms with Gasteiger partial charge in [0.15, 0.2) is 5.78 Å². The molecule has 2 atom stereocenters. The van der Waals surface area contributed by atoms with Crippen molar-refractivity contribution in [2.45, 2.75) is 0 Å². The van der Waals surface area contributed by atoms with Crippen LogP contribution in [0.25, 0.3) is 0 Å². The fourth-order valence-electron chi connectivity index (χ4n) is 2.03. The lowest BCUT2D eigenvalue weighted by atomic mass is 9.88. The molecule has 0 unspecified atom stereocenters. The number of carbonyl (C=O) groups excluding carboxylic acids is 1. The van der Waals surface area contributed by atoms with Crippen molar-refractivity contribution in [2.75, 3.05) is 13.1 Å². The minimum Gasteiger partial charge on any atom is -0.481 e. The van der Waals surface area contributed by atoms with Gasteiger partial charge in [-0.15, -0.1) is 0 Å². The van der Waals surface area contributed by atoms with E-state index in [1.165, 1.54) is 0 Å². The molecule has 0 aromatic heterocycles. The summed E-state index contributed by atoms with van der Waals surface area (Å²) in [6, 6.07) is 8.84. The summed E-state index contributed by atoms with van der Waals surface area (Å²) in [5, 5.41) is 11.9. The van der Waals surface area contributed by atoms with Gasteiger partial charge in [-0.3, -0.25) is 9.59 Å². The molecule has 0 aliphatic carbocycles. The number of nitrogens with one attached hydrogen (secondary N) is 1. The van der Waals surface area contributed by atoms with Crippen LogP contribution in [0, 0.1) is 11.8 Å². The van der Waals surface area contributed by atoms with E-state index in [2.05, 4.69) is 5.32 Å². The first-order valence-electron chi connectivity index (χ1n) is 5.23. The van der Waals surface area contributed by atoms with E-state index in [1.54, 1.807) is 24.3 Å². The summed E-state index contributed by atoms with van der Waals surface area (Å²) in [7, 11) is 0. The van der Waals surface area contributed by atoms with Gasteiger partial charge in [0.2, 0.25) is 0 Å². The molecular formula is C12H13NO3. The maximum absolute atomic E-state index is 12.1. The summed E-state index contributed by atoms with van der Waals surface area (Å²) >= 11 is 0. The molecule has 1 saturated heterocycles. The Bertz CT molecular complexity index is 402. The molecule has 0 radical (unpaired) electrons. The topological polar surface area (TPSA) is 66.4 Å². The molecule has 2 N–H and O–H groups in total. The number of carbonyl (C=O) groups is 2. The molecule has 0 saturated carbocycles. The molecule has 0 spiro atoms. The van der Waals surface area contributed by atoms with E-state index in [9.17, 15) is 9.59 Å². The molecule has 1 aliphatic heterocycles. The molecular weight excluding hydrogens is 206 g/mol. The van der Waals surface area contributed by atoms with Gasteiger partial charge < -0.3 is 10.4 Å². The molecule has 4 nitrogen and oxygen atoms in total. The molecule has 1 aliphatic rings. The zero-order chi connectivity index (χ0) is 11.5. The third kappa shape index (κ3) is 1.97. The number of aliphatic carboxylic acids is 1. The van der Waals surface area contributed by atoms with Crippen molar-refractivity contribution < 1.29 is 14.7 Å². The van der Waals surface area contributed by atoms with Crippen LogP contribution in [0.5, 0.6) is 0 Å². The van der Waals surface area contributed by atoms with Crippen molar-refractivity contribution in [1.29, 1.82) is 0 Å². The fourth-order valence-corrected chi connectivity index (χ4v) is 2.03. The normalized spacial score (nSPS) is 24.2. The molecule has 0 amide bonds. The molecule has 1 fully saturated rings. The van der Waals surface area contributed by atoms with E-state index in [0.717, 1.165) is 0 Å². The number of benzene rings is 1. The molecule has 4 heteroatoms.